The van der Waals surface area contributed by atoms with Crippen molar-refractivity contribution in [1.82, 2.24) is 10.2 Å². The molecule has 1 aliphatic heterocycles. The molecule has 0 aliphatic carbocycles. The molecule has 1 fully saturated rings. The lowest BCUT2D eigenvalue weighted by Gasteiger charge is -2.39. The van der Waals surface area contributed by atoms with Gasteiger partial charge in [0.2, 0.25) is 0 Å². The Balaban J connectivity index is 1.90. The van der Waals surface area contributed by atoms with Crippen LogP contribution in [0.25, 0.3) is 0 Å². The molecule has 1 saturated heterocycles. The van der Waals surface area contributed by atoms with Crippen LogP contribution in [0.2, 0.25) is 0 Å². The van der Waals surface area contributed by atoms with E-state index in [1.807, 2.05) is 42.2 Å². The number of hydrogen-bond donors (Lipinski definition) is 2. The predicted octanol–water partition coefficient (Wildman–Crippen LogP) is 2.95. The van der Waals surface area contributed by atoms with Gasteiger partial charge in [0, 0.05) is 18.5 Å². The summed E-state index contributed by atoms with van der Waals surface area (Å²) in [6, 6.07) is 10.1. The lowest BCUT2D eigenvalue weighted by molar-refractivity contribution is 0.102. The second kappa shape index (κ2) is 7.63. The van der Waals surface area contributed by atoms with Gasteiger partial charge in [0.05, 0.1) is 12.1 Å². The average Bonchev–Trinajstić information content (AvgIpc) is 2.48. The molecule has 4 nitrogen and oxygen atoms in total. The van der Waals surface area contributed by atoms with Crippen molar-refractivity contribution < 1.29 is 9.90 Å². The van der Waals surface area contributed by atoms with Crippen LogP contribution in [0, 0.1) is 0 Å². The molecular weight excluding hydrogens is 276 g/mol. The Morgan fingerprint density at radius 3 is 2.45 bits per heavy atom. The van der Waals surface area contributed by atoms with Gasteiger partial charge in [-0.15, -0.1) is 0 Å². The SMILES string of the molecule is CC(NC(=O)N1C(C)CCCC1C)C(O)Cc1ccccc1. The number of rotatable bonds is 4. The Labute approximate surface area is 133 Å². The summed E-state index contributed by atoms with van der Waals surface area (Å²) in [6.45, 7) is 6.06. The highest BCUT2D eigenvalue weighted by atomic mass is 16.3. The van der Waals surface area contributed by atoms with Gasteiger partial charge >= 0.3 is 6.03 Å². The fourth-order valence-electron chi connectivity index (χ4n) is 3.22. The molecule has 2 rings (SSSR count). The molecule has 1 heterocycles. The van der Waals surface area contributed by atoms with Crippen LogP contribution >= 0.6 is 0 Å². The van der Waals surface area contributed by atoms with Gasteiger partial charge in [-0.2, -0.15) is 0 Å². The molecule has 0 spiro atoms. The summed E-state index contributed by atoms with van der Waals surface area (Å²) in [7, 11) is 0. The molecule has 2 N–H and O–H groups in total. The number of aliphatic hydroxyl groups excluding tert-OH is 1. The van der Waals surface area contributed by atoms with Crippen LogP contribution in [-0.4, -0.2) is 40.3 Å². The minimum Gasteiger partial charge on any atom is -0.391 e. The van der Waals surface area contributed by atoms with E-state index in [9.17, 15) is 9.90 Å². The van der Waals surface area contributed by atoms with Crippen molar-refractivity contribution in [3.8, 4) is 0 Å². The van der Waals surface area contributed by atoms with Crippen LogP contribution < -0.4 is 5.32 Å². The summed E-state index contributed by atoms with van der Waals surface area (Å²) in [4.78, 5) is 14.4. The van der Waals surface area contributed by atoms with Gasteiger partial charge in [-0.1, -0.05) is 30.3 Å². The lowest BCUT2D eigenvalue weighted by atomic mass is 9.98. The quantitative estimate of drug-likeness (QED) is 0.898. The number of carbonyl (C=O) groups is 1. The molecule has 4 heteroatoms. The van der Waals surface area contributed by atoms with E-state index in [0.717, 1.165) is 18.4 Å². The topological polar surface area (TPSA) is 52.6 Å². The molecular formula is C18H28N2O2. The standard InChI is InChI=1S/C18H28N2O2/c1-13-8-7-9-14(2)20(13)18(22)19-15(3)17(21)12-16-10-5-4-6-11-16/h4-6,10-11,13-15,17,21H,7-9,12H2,1-3H3,(H,19,22). The largest absolute Gasteiger partial charge is 0.391 e. The minimum atomic E-state index is -0.582. The zero-order chi connectivity index (χ0) is 16.1. The molecule has 1 aromatic carbocycles. The number of benzene rings is 1. The highest BCUT2D eigenvalue weighted by molar-refractivity contribution is 5.75. The smallest absolute Gasteiger partial charge is 0.318 e. The van der Waals surface area contributed by atoms with Crippen molar-refractivity contribution in [2.75, 3.05) is 0 Å². The first-order chi connectivity index (χ1) is 10.5. The first kappa shape index (κ1) is 16.8. The number of piperidine rings is 1. The first-order valence-corrected chi connectivity index (χ1v) is 8.30. The molecule has 1 aliphatic rings. The van der Waals surface area contributed by atoms with Gasteiger partial charge in [0.1, 0.15) is 0 Å². The van der Waals surface area contributed by atoms with Gasteiger partial charge in [0.15, 0.2) is 0 Å². The Morgan fingerprint density at radius 2 is 1.86 bits per heavy atom. The van der Waals surface area contributed by atoms with Crippen molar-refractivity contribution in [2.24, 2.45) is 0 Å². The molecule has 0 bridgehead atoms. The van der Waals surface area contributed by atoms with E-state index in [1.54, 1.807) is 0 Å². The fraction of sp³-hybridized carbons (Fsp3) is 0.611. The average molecular weight is 304 g/mol. The van der Waals surface area contributed by atoms with E-state index in [-0.39, 0.29) is 24.2 Å². The highest BCUT2D eigenvalue weighted by Crippen LogP contribution is 2.22. The zero-order valence-corrected chi connectivity index (χ0v) is 13.8. The van der Waals surface area contributed by atoms with E-state index < -0.39 is 6.10 Å². The Kier molecular flexibility index (Phi) is 5.83. The van der Waals surface area contributed by atoms with Crippen LogP contribution in [0.4, 0.5) is 4.79 Å². The number of hydrogen-bond acceptors (Lipinski definition) is 2. The molecule has 4 unspecified atom stereocenters. The van der Waals surface area contributed by atoms with Gasteiger partial charge in [0.25, 0.3) is 0 Å². The molecule has 4 atom stereocenters. The Bertz CT molecular complexity index is 467. The minimum absolute atomic E-state index is 0.0562. The summed E-state index contributed by atoms with van der Waals surface area (Å²) in [5, 5.41) is 13.3. The van der Waals surface area contributed by atoms with Gasteiger partial charge in [-0.3, -0.25) is 0 Å². The van der Waals surface area contributed by atoms with Crippen molar-refractivity contribution in [1.29, 1.82) is 0 Å². The van der Waals surface area contributed by atoms with E-state index in [1.165, 1.54) is 6.42 Å². The zero-order valence-electron chi connectivity index (χ0n) is 13.8. The molecule has 0 aromatic heterocycles. The maximum absolute atomic E-state index is 12.5. The van der Waals surface area contributed by atoms with E-state index in [4.69, 9.17) is 0 Å². The monoisotopic (exact) mass is 304 g/mol. The number of amides is 2. The predicted molar refractivity (Wildman–Crippen MR) is 88.8 cm³/mol. The summed E-state index contributed by atoms with van der Waals surface area (Å²) in [5.74, 6) is 0. The lowest BCUT2D eigenvalue weighted by Crippen LogP contribution is -2.55. The summed E-state index contributed by atoms with van der Waals surface area (Å²) in [6.07, 6.45) is 3.25. The van der Waals surface area contributed by atoms with Crippen molar-refractivity contribution in [3.05, 3.63) is 35.9 Å². The third-order valence-electron chi connectivity index (χ3n) is 4.64. The summed E-state index contributed by atoms with van der Waals surface area (Å²) in [5.41, 5.74) is 1.08. The van der Waals surface area contributed by atoms with E-state index in [2.05, 4.69) is 19.2 Å². The first-order valence-electron chi connectivity index (χ1n) is 8.30. The third-order valence-corrected chi connectivity index (χ3v) is 4.64. The molecule has 22 heavy (non-hydrogen) atoms. The molecule has 1 aromatic rings. The van der Waals surface area contributed by atoms with Crippen LogP contribution in [0.5, 0.6) is 0 Å². The number of carbonyl (C=O) groups excluding carboxylic acids is 1. The van der Waals surface area contributed by atoms with E-state index in [0.29, 0.717) is 6.42 Å². The Morgan fingerprint density at radius 1 is 1.27 bits per heavy atom. The highest BCUT2D eigenvalue weighted by Gasteiger charge is 2.30. The Hall–Kier alpha value is -1.55. The maximum Gasteiger partial charge on any atom is 0.318 e. The van der Waals surface area contributed by atoms with E-state index >= 15 is 0 Å². The van der Waals surface area contributed by atoms with Crippen LogP contribution in [-0.2, 0) is 6.42 Å². The maximum atomic E-state index is 12.5. The van der Waals surface area contributed by atoms with Crippen molar-refractivity contribution in [2.45, 2.75) is 70.7 Å². The molecule has 0 saturated carbocycles. The number of nitrogens with one attached hydrogen (secondary N) is 1. The third kappa shape index (κ3) is 4.23. The van der Waals surface area contributed by atoms with Crippen LogP contribution in [0.1, 0.15) is 45.6 Å². The van der Waals surface area contributed by atoms with Gasteiger partial charge in [-0.05, 0) is 45.6 Å². The number of aliphatic hydroxyl groups is 1. The molecule has 0 radical (unpaired) electrons. The second-order valence-corrected chi connectivity index (χ2v) is 6.53. The van der Waals surface area contributed by atoms with Crippen LogP contribution in [0.3, 0.4) is 0 Å². The summed E-state index contributed by atoms with van der Waals surface area (Å²) >= 11 is 0. The molecule has 122 valence electrons. The normalized spacial score (nSPS) is 24.6. The number of urea groups is 1. The van der Waals surface area contributed by atoms with Crippen LogP contribution in [0.15, 0.2) is 30.3 Å². The molecule has 2 amide bonds. The number of likely N-dealkylation sites (tertiary alicyclic amines) is 1. The van der Waals surface area contributed by atoms with Gasteiger partial charge in [-0.25, -0.2) is 4.79 Å². The summed E-state index contributed by atoms with van der Waals surface area (Å²) < 4.78 is 0. The van der Waals surface area contributed by atoms with Crippen molar-refractivity contribution in [3.63, 3.8) is 0 Å². The van der Waals surface area contributed by atoms with Crippen molar-refractivity contribution >= 4 is 6.03 Å². The fourth-order valence-corrected chi connectivity index (χ4v) is 3.22. The van der Waals surface area contributed by atoms with Gasteiger partial charge < -0.3 is 15.3 Å². The second-order valence-electron chi connectivity index (χ2n) is 6.53. The number of nitrogens with zero attached hydrogens (tertiary/aromatic N) is 1.